The van der Waals surface area contributed by atoms with Crippen LogP contribution in [-0.2, 0) is 4.74 Å². The first-order valence-electron chi connectivity index (χ1n) is 5.71. The van der Waals surface area contributed by atoms with Gasteiger partial charge in [0, 0.05) is 28.5 Å². The van der Waals surface area contributed by atoms with Crippen LogP contribution < -0.4 is 0 Å². The van der Waals surface area contributed by atoms with Gasteiger partial charge >= 0.3 is 0 Å². The van der Waals surface area contributed by atoms with Crippen molar-refractivity contribution in [2.24, 2.45) is 10.2 Å². The zero-order valence-electron chi connectivity index (χ0n) is 10.6. The van der Waals surface area contributed by atoms with Crippen LogP contribution in [0.5, 0.6) is 0 Å². The molecule has 4 nitrogen and oxygen atoms in total. The first-order chi connectivity index (χ1) is 9.70. The lowest BCUT2D eigenvalue weighted by molar-refractivity contribution is 0.403. The van der Waals surface area contributed by atoms with Crippen LogP contribution in [0.1, 0.15) is 11.1 Å². The largest absolute Gasteiger partial charge is 0.479 e. The molecule has 1 aromatic carbocycles. The third-order valence-corrected chi connectivity index (χ3v) is 2.99. The van der Waals surface area contributed by atoms with Gasteiger partial charge < -0.3 is 4.74 Å². The van der Waals surface area contributed by atoms with Gasteiger partial charge in [-0.1, -0.05) is 29.3 Å². The highest BCUT2D eigenvalue weighted by molar-refractivity contribution is 6.36. The molecule has 0 atom stereocenters. The summed E-state index contributed by atoms with van der Waals surface area (Å²) >= 11 is 11.9. The molecular weight excluding hydrogens is 297 g/mol. The van der Waals surface area contributed by atoms with Crippen molar-refractivity contribution in [3.8, 4) is 0 Å². The third kappa shape index (κ3) is 3.79. The number of hydrogen-bond acceptors (Lipinski definition) is 4. The Bertz CT molecular complexity index is 642. The van der Waals surface area contributed by atoms with Gasteiger partial charge in [0.25, 0.3) is 0 Å². The van der Waals surface area contributed by atoms with Crippen LogP contribution in [0.2, 0.25) is 10.0 Å². The van der Waals surface area contributed by atoms with E-state index in [1.807, 2.05) is 0 Å². The summed E-state index contributed by atoms with van der Waals surface area (Å²) in [5.41, 5.74) is 1.52. The molecule has 0 spiro atoms. The number of ether oxygens (including phenoxy) is 1. The first kappa shape index (κ1) is 14.5. The van der Waals surface area contributed by atoms with Crippen molar-refractivity contribution in [2.75, 3.05) is 7.11 Å². The van der Waals surface area contributed by atoms with E-state index in [2.05, 4.69) is 15.2 Å². The molecule has 0 saturated carbocycles. The standard InChI is InChI=1S/C14H11Cl2N3O/c1-20-14(10-4-6-17-7-5-10)19-18-9-11-2-3-12(15)8-13(11)16/h2-9H,1H3/b18-9+,19-14-. The Kier molecular flexibility index (Phi) is 5.09. The lowest BCUT2D eigenvalue weighted by Gasteiger charge is -2.01. The highest BCUT2D eigenvalue weighted by Crippen LogP contribution is 2.19. The summed E-state index contributed by atoms with van der Waals surface area (Å²) in [6.07, 6.45) is 4.85. The Labute approximate surface area is 126 Å². The van der Waals surface area contributed by atoms with Crippen molar-refractivity contribution >= 4 is 35.3 Å². The van der Waals surface area contributed by atoms with E-state index < -0.39 is 0 Å². The van der Waals surface area contributed by atoms with Crippen LogP contribution in [-0.4, -0.2) is 24.2 Å². The number of pyridine rings is 1. The molecule has 0 aliphatic rings. The van der Waals surface area contributed by atoms with Crippen molar-refractivity contribution in [3.63, 3.8) is 0 Å². The van der Waals surface area contributed by atoms with Gasteiger partial charge in [0.2, 0.25) is 5.90 Å². The highest BCUT2D eigenvalue weighted by Gasteiger charge is 2.02. The van der Waals surface area contributed by atoms with Crippen LogP contribution >= 0.6 is 23.2 Å². The monoisotopic (exact) mass is 307 g/mol. The zero-order chi connectivity index (χ0) is 14.4. The Balaban J connectivity index is 2.20. The summed E-state index contributed by atoms with van der Waals surface area (Å²) in [5.74, 6) is 0.397. The lowest BCUT2D eigenvalue weighted by atomic mass is 10.2. The van der Waals surface area contributed by atoms with Crippen molar-refractivity contribution in [3.05, 3.63) is 63.9 Å². The summed E-state index contributed by atoms with van der Waals surface area (Å²) in [6.45, 7) is 0. The average molecular weight is 308 g/mol. The second-order valence-electron chi connectivity index (χ2n) is 3.76. The maximum absolute atomic E-state index is 6.03. The second kappa shape index (κ2) is 7.03. The number of rotatable bonds is 3. The minimum atomic E-state index is 0.397. The summed E-state index contributed by atoms with van der Waals surface area (Å²) in [4.78, 5) is 3.93. The van der Waals surface area contributed by atoms with E-state index in [9.17, 15) is 0 Å². The Morgan fingerprint density at radius 2 is 1.95 bits per heavy atom. The van der Waals surface area contributed by atoms with Crippen molar-refractivity contribution in [1.82, 2.24) is 4.98 Å². The fourth-order valence-electron chi connectivity index (χ4n) is 1.46. The number of halogens is 2. The van der Waals surface area contributed by atoms with E-state index in [1.54, 1.807) is 48.9 Å². The molecule has 0 amide bonds. The quantitative estimate of drug-likeness (QED) is 0.492. The maximum Gasteiger partial charge on any atom is 0.240 e. The normalized spacial score (nSPS) is 11.8. The number of hydrogen-bond donors (Lipinski definition) is 0. The molecule has 0 aliphatic heterocycles. The molecule has 2 rings (SSSR count). The molecule has 0 N–H and O–H groups in total. The van der Waals surface area contributed by atoms with Crippen molar-refractivity contribution in [2.45, 2.75) is 0 Å². The predicted molar refractivity (Wildman–Crippen MR) is 81.8 cm³/mol. The van der Waals surface area contributed by atoms with Gasteiger partial charge in [-0.2, -0.15) is 5.10 Å². The minimum absolute atomic E-state index is 0.397. The van der Waals surface area contributed by atoms with Crippen LogP contribution in [0.3, 0.4) is 0 Å². The summed E-state index contributed by atoms with van der Waals surface area (Å²) in [5, 5.41) is 9.07. The molecule has 0 saturated heterocycles. The topological polar surface area (TPSA) is 46.8 Å². The van der Waals surface area contributed by atoms with E-state index >= 15 is 0 Å². The van der Waals surface area contributed by atoms with Gasteiger partial charge in [-0.15, -0.1) is 5.10 Å². The molecule has 0 bridgehead atoms. The molecule has 0 unspecified atom stereocenters. The number of aromatic nitrogens is 1. The maximum atomic E-state index is 6.03. The Morgan fingerprint density at radius 1 is 1.20 bits per heavy atom. The van der Waals surface area contributed by atoms with Gasteiger partial charge in [0.1, 0.15) is 0 Å². The summed E-state index contributed by atoms with van der Waals surface area (Å²) in [6, 6.07) is 8.72. The van der Waals surface area contributed by atoms with Crippen LogP contribution in [0.25, 0.3) is 0 Å². The fraction of sp³-hybridized carbons (Fsp3) is 0.0714. The summed E-state index contributed by atoms with van der Waals surface area (Å²) in [7, 11) is 1.53. The SMILES string of the molecule is CO/C(=N\N=C\c1ccc(Cl)cc1Cl)c1ccncc1. The molecule has 102 valence electrons. The molecule has 0 fully saturated rings. The fourth-order valence-corrected chi connectivity index (χ4v) is 1.92. The molecule has 1 aromatic heterocycles. The third-order valence-electron chi connectivity index (χ3n) is 2.43. The van der Waals surface area contributed by atoms with Gasteiger partial charge in [-0.25, -0.2) is 0 Å². The van der Waals surface area contributed by atoms with Crippen LogP contribution in [0.4, 0.5) is 0 Å². The molecular formula is C14H11Cl2N3O. The minimum Gasteiger partial charge on any atom is -0.479 e. The summed E-state index contributed by atoms with van der Waals surface area (Å²) < 4.78 is 5.18. The molecule has 6 heteroatoms. The number of benzene rings is 1. The number of methoxy groups -OCH3 is 1. The van der Waals surface area contributed by atoms with Gasteiger partial charge in [0.05, 0.1) is 18.3 Å². The van der Waals surface area contributed by atoms with E-state index in [1.165, 1.54) is 7.11 Å². The van der Waals surface area contributed by atoms with E-state index in [0.29, 0.717) is 15.9 Å². The van der Waals surface area contributed by atoms with Crippen molar-refractivity contribution in [1.29, 1.82) is 0 Å². The Morgan fingerprint density at radius 3 is 2.60 bits per heavy atom. The van der Waals surface area contributed by atoms with E-state index in [0.717, 1.165) is 11.1 Å². The second-order valence-corrected chi connectivity index (χ2v) is 4.60. The van der Waals surface area contributed by atoms with Gasteiger partial charge in [-0.3, -0.25) is 4.98 Å². The zero-order valence-corrected chi connectivity index (χ0v) is 12.1. The lowest BCUT2D eigenvalue weighted by Crippen LogP contribution is -2.02. The highest BCUT2D eigenvalue weighted by atomic mass is 35.5. The molecule has 20 heavy (non-hydrogen) atoms. The van der Waals surface area contributed by atoms with Crippen molar-refractivity contribution < 1.29 is 4.74 Å². The van der Waals surface area contributed by atoms with Crippen LogP contribution in [0, 0.1) is 0 Å². The molecule has 1 heterocycles. The molecule has 2 aromatic rings. The molecule has 0 aliphatic carbocycles. The van der Waals surface area contributed by atoms with Gasteiger partial charge in [0.15, 0.2) is 0 Å². The molecule has 0 radical (unpaired) electrons. The predicted octanol–water partition coefficient (Wildman–Crippen LogP) is 3.82. The Hall–Kier alpha value is -1.91. The average Bonchev–Trinajstić information content (AvgIpc) is 2.46. The smallest absolute Gasteiger partial charge is 0.240 e. The number of nitrogens with zero attached hydrogens (tertiary/aromatic N) is 3. The van der Waals surface area contributed by atoms with E-state index in [-0.39, 0.29) is 0 Å². The van der Waals surface area contributed by atoms with Crippen LogP contribution in [0.15, 0.2) is 52.9 Å². The van der Waals surface area contributed by atoms with Gasteiger partial charge in [-0.05, 0) is 24.3 Å². The van der Waals surface area contributed by atoms with E-state index in [4.69, 9.17) is 27.9 Å². The first-order valence-corrected chi connectivity index (χ1v) is 6.47.